The summed E-state index contributed by atoms with van der Waals surface area (Å²) in [5.41, 5.74) is 0.527. The standard InChI is InChI=1S/C20H24ClF4N3O2/c1-11-18(29)26-8-9-28(11)19(30)27-17(13-4-7-16(22)15(21)10-13)12-2-5-14(6-3-12)20(23,24)25/h4,7,10-12,14,17H,2-3,5-6,8-9H2,1H3,(H,26,29)(H,27,30)/t11-,12?,14?,17?/m1/s1. The zero-order chi connectivity index (χ0) is 22.1. The van der Waals surface area contributed by atoms with E-state index in [1.165, 1.54) is 23.1 Å². The van der Waals surface area contributed by atoms with Crippen molar-refractivity contribution >= 4 is 23.5 Å². The number of amides is 3. The van der Waals surface area contributed by atoms with E-state index in [2.05, 4.69) is 10.6 Å². The number of nitrogens with one attached hydrogen (secondary N) is 2. The molecule has 0 spiro atoms. The highest BCUT2D eigenvalue weighted by molar-refractivity contribution is 6.30. The molecule has 1 heterocycles. The molecular weight excluding hydrogens is 426 g/mol. The zero-order valence-corrected chi connectivity index (χ0v) is 17.2. The molecule has 2 aliphatic rings. The van der Waals surface area contributed by atoms with Gasteiger partial charge in [-0.25, -0.2) is 9.18 Å². The Balaban J connectivity index is 1.80. The highest BCUT2D eigenvalue weighted by Crippen LogP contribution is 2.43. The van der Waals surface area contributed by atoms with Gasteiger partial charge in [0.15, 0.2) is 0 Å². The summed E-state index contributed by atoms with van der Waals surface area (Å²) in [7, 11) is 0. The number of alkyl halides is 3. The Hall–Kier alpha value is -2.03. The molecule has 1 aromatic rings. The van der Waals surface area contributed by atoms with Crippen LogP contribution in [-0.4, -0.2) is 42.1 Å². The normalized spacial score (nSPS) is 26.1. The molecule has 1 aliphatic carbocycles. The molecule has 3 amide bonds. The monoisotopic (exact) mass is 449 g/mol. The van der Waals surface area contributed by atoms with Crippen LogP contribution in [0.2, 0.25) is 5.02 Å². The van der Waals surface area contributed by atoms with Gasteiger partial charge in [-0.1, -0.05) is 17.7 Å². The fourth-order valence-electron chi connectivity index (χ4n) is 4.23. The Bertz CT molecular complexity index is 797. The summed E-state index contributed by atoms with van der Waals surface area (Å²) >= 11 is 5.91. The molecule has 1 aromatic carbocycles. The van der Waals surface area contributed by atoms with Crippen LogP contribution in [0.15, 0.2) is 18.2 Å². The van der Waals surface area contributed by atoms with Gasteiger partial charge in [0.2, 0.25) is 5.91 Å². The maximum atomic E-state index is 13.6. The minimum Gasteiger partial charge on any atom is -0.353 e. The SMILES string of the molecule is C[C@@H]1C(=O)NCCN1C(=O)NC(c1ccc(F)c(Cl)c1)C1CCC(C(F)(F)F)CC1. The first-order chi connectivity index (χ1) is 14.1. The second kappa shape index (κ2) is 8.99. The predicted octanol–water partition coefficient (Wildman–Crippen LogP) is 4.42. The highest BCUT2D eigenvalue weighted by Gasteiger charge is 2.43. The Labute approximate surface area is 177 Å². The van der Waals surface area contributed by atoms with Crippen LogP contribution in [0.1, 0.15) is 44.2 Å². The smallest absolute Gasteiger partial charge is 0.353 e. The maximum absolute atomic E-state index is 13.6. The van der Waals surface area contributed by atoms with Gasteiger partial charge in [-0.05, 0) is 56.2 Å². The number of hydrogen-bond donors (Lipinski definition) is 2. The highest BCUT2D eigenvalue weighted by atomic mass is 35.5. The van der Waals surface area contributed by atoms with Crippen molar-refractivity contribution in [1.82, 2.24) is 15.5 Å². The van der Waals surface area contributed by atoms with Crippen molar-refractivity contribution < 1.29 is 27.2 Å². The van der Waals surface area contributed by atoms with E-state index in [0.29, 0.717) is 18.7 Å². The van der Waals surface area contributed by atoms with Crippen LogP contribution < -0.4 is 10.6 Å². The van der Waals surface area contributed by atoms with Crippen LogP contribution >= 0.6 is 11.6 Å². The average Bonchev–Trinajstić information content (AvgIpc) is 2.69. The third-order valence-electron chi connectivity index (χ3n) is 6.05. The molecule has 1 saturated heterocycles. The molecule has 1 unspecified atom stereocenters. The number of hydrogen-bond acceptors (Lipinski definition) is 2. The van der Waals surface area contributed by atoms with Crippen molar-refractivity contribution in [1.29, 1.82) is 0 Å². The lowest BCUT2D eigenvalue weighted by molar-refractivity contribution is -0.184. The first-order valence-corrected chi connectivity index (χ1v) is 10.3. The van der Waals surface area contributed by atoms with Gasteiger partial charge in [-0.2, -0.15) is 13.2 Å². The third kappa shape index (κ3) is 4.99. The number of rotatable bonds is 3. The van der Waals surface area contributed by atoms with Crippen molar-refractivity contribution in [2.24, 2.45) is 11.8 Å². The van der Waals surface area contributed by atoms with E-state index in [9.17, 15) is 27.2 Å². The Kier molecular flexibility index (Phi) is 6.79. The van der Waals surface area contributed by atoms with Crippen LogP contribution in [-0.2, 0) is 4.79 Å². The summed E-state index contributed by atoms with van der Waals surface area (Å²) in [6.45, 7) is 2.24. The van der Waals surface area contributed by atoms with Crippen LogP contribution in [0.3, 0.4) is 0 Å². The fourth-order valence-corrected chi connectivity index (χ4v) is 4.42. The van der Waals surface area contributed by atoms with Gasteiger partial charge < -0.3 is 15.5 Å². The molecule has 1 saturated carbocycles. The first-order valence-electron chi connectivity index (χ1n) is 9.94. The summed E-state index contributed by atoms with van der Waals surface area (Å²) < 4.78 is 52.8. The van der Waals surface area contributed by atoms with Gasteiger partial charge in [0, 0.05) is 13.1 Å². The number of nitrogens with zero attached hydrogens (tertiary/aromatic N) is 1. The molecule has 5 nitrogen and oxygen atoms in total. The summed E-state index contributed by atoms with van der Waals surface area (Å²) in [4.78, 5) is 26.2. The van der Waals surface area contributed by atoms with Crippen molar-refractivity contribution in [3.63, 3.8) is 0 Å². The van der Waals surface area contributed by atoms with Gasteiger partial charge in [0.05, 0.1) is 17.0 Å². The second-order valence-corrected chi connectivity index (χ2v) is 8.32. The fraction of sp³-hybridized carbons (Fsp3) is 0.600. The first kappa shape index (κ1) is 22.7. The van der Waals surface area contributed by atoms with Crippen molar-refractivity contribution in [2.45, 2.75) is 50.9 Å². The Morgan fingerprint density at radius 2 is 1.93 bits per heavy atom. The molecule has 2 atom stereocenters. The largest absolute Gasteiger partial charge is 0.391 e. The summed E-state index contributed by atoms with van der Waals surface area (Å²) in [5, 5.41) is 5.42. The van der Waals surface area contributed by atoms with Crippen LogP contribution in [0.25, 0.3) is 0 Å². The molecular formula is C20H24ClF4N3O2. The van der Waals surface area contributed by atoms with E-state index in [-0.39, 0.29) is 42.5 Å². The topological polar surface area (TPSA) is 61.4 Å². The molecule has 2 fully saturated rings. The Morgan fingerprint density at radius 1 is 1.27 bits per heavy atom. The van der Waals surface area contributed by atoms with E-state index < -0.39 is 36.0 Å². The van der Waals surface area contributed by atoms with E-state index >= 15 is 0 Å². The summed E-state index contributed by atoms with van der Waals surface area (Å²) in [6.07, 6.45) is -3.77. The zero-order valence-electron chi connectivity index (χ0n) is 16.4. The molecule has 0 radical (unpaired) electrons. The minimum atomic E-state index is -4.24. The van der Waals surface area contributed by atoms with Crippen molar-refractivity contribution in [3.05, 3.63) is 34.6 Å². The van der Waals surface area contributed by atoms with Gasteiger partial charge in [0.1, 0.15) is 11.9 Å². The number of piperazine rings is 1. The van der Waals surface area contributed by atoms with Crippen LogP contribution in [0, 0.1) is 17.7 Å². The molecule has 166 valence electrons. The van der Waals surface area contributed by atoms with E-state index in [1.54, 1.807) is 6.92 Å². The maximum Gasteiger partial charge on any atom is 0.391 e. The molecule has 30 heavy (non-hydrogen) atoms. The third-order valence-corrected chi connectivity index (χ3v) is 6.34. The summed E-state index contributed by atoms with van der Waals surface area (Å²) in [5.74, 6) is -2.51. The molecule has 1 aliphatic heterocycles. The van der Waals surface area contributed by atoms with E-state index in [4.69, 9.17) is 11.6 Å². The van der Waals surface area contributed by atoms with Gasteiger partial charge >= 0.3 is 12.2 Å². The number of benzene rings is 1. The van der Waals surface area contributed by atoms with Crippen LogP contribution in [0.4, 0.5) is 22.4 Å². The quantitative estimate of drug-likeness (QED) is 0.671. The number of carbonyl (C=O) groups excluding carboxylic acids is 2. The van der Waals surface area contributed by atoms with E-state index in [1.807, 2.05) is 0 Å². The lowest BCUT2D eigenvalue weighted by atomic mass is 9.76. The summed E-state index contributed by atoms with van der Waals surface area (Å²) in [6, 6.07) is 2.26. The lowest BCUT2D eigenvalue weighted by Gasteiger charge is -2.38. The number of urea groups is 1. The average molecular weight is 450 g/mol. The second-order valence-electron chi connectivity index (χ2n) is 7.91. The van der Waals surface area contributed by atoms with E-state index in [0.717, 1.165) is 0 Å². The molecule has 10 heteroatoms. The van der Waals surface area contributed by atoms with Crippen molar-refractivity contribution in [3.8, 4) is 0 Å². The molecule has 2 N–H and O–H groups in total. The predicted molar refractivity (Wildman–Crippen MR) is 103 cm³/mol. The Morgan fingerprint density at radius 3 is 2.53 bits per heavy atom. The molecule has 0 bridgehead atoms. The number of halogens is 5. The van der Waals surface area contributed by atoms with Gasteiger partial charge in [-0.15, -0.1) is 0 Å². The number of carbonyl (C=O) groups is 2. The van der Waals surface area contributed by atoms with Crippen LogP contribution in [0.5, 0.6) is 0 Å². The van der Waals surface area contributed by atoms with Gasteiger partial charge in [0.25, 0.3) is 0 Å². The molecule has 0 aromatic heterocycles. The minimum absolute atomic E-state index is 0.0298. The van der Waals surface area contributed by atoms with Gasteiger partial charge in [-0.3, -0.25) is 4.79 Å². The molecule has 3 rings (SSSR count). The van der Waals surface area contributed by atoms with Crippen molar-refractivity contribution in [2.75, 3.05) is 13.1 Å². The lowest BCUT2D eigenvalue weighted by Crippen LogP contribution is -2.58.